The maximum absolute atomic E-state index is 13.6. The van der Waals surface area contributed by atoms with Gasteiger partial charge >= 0.3 is 0 Å². The summed E-state index contributed by atoms with van der Waals surface area (Å²) >= 11 is 8.81. The molecule has 0 saturated heterocycles. The maximum atomic E-state index is 13.6. The summed E-state index contributed by atoms with van der Waals surface area (Å²) in [5.41, 5.74) is 0.876. The highest BCUT2D eigenvalue weighted by Gasteiger charge is 2.10. The summed E-state index contributed by atoms with van der Waals surface area (Å²) in [5, 5.41) is 3.00. The summed E-state index contributed by atoms with van der Waals surface area (Å²) < 4.78 is 26.9. The van der Waals surface area contributed by atoms with Crippen LogP contribution >= 0.6 is 27.5 Å². The zero-order valence-electron chi connectivity index (χ0n) is 11.4. The van der Waals surface area contributed by atoms with Gasteiger partial charge in [-0.3, -0.25) is 4.98 Å². The van der Waals surface area contributed by atoms with Gasteiger partial charge in [-0.15, -0.1) is 0 Å². The van der Waals surface area contributed by atoms with Crippen LogP contribution in [0.1, 0.15) is 0 Å². The fourth-order valence-electron chi connectivity index (χ4n) is 1.88. The molecule has 3 rings (SSSR count). The van der Waals surface area contributed by atoms with E-state index in [9.17, 15) is 8.78 Å². The molecule has 2 aromatic heterocycles. The van der Waals surface area contributed by atoms with E-state index in [1.54, 1.807) is 24.5 Å². The summed E-state index contributed by atoms with van der Waals surface area (Å²) in [4.78, 5) is 12.4. The van der Waals surface area contributed by atoms with Gasteiger partial charge in [-0.2, -0.15) is 0 Å². The van der Waals surface area contributed by atoms with E-state index in [2.05, 4.69) is 36.2 Å². The fraction of sp³-hybridized carbons (Fsp3) is 0. The topological polar surface area (TPSA) is 50.7 Å². The highest BCUT2D eigenvalue weighted by molar-refractivity contribution is 9.10. The van der Waals surface area contributed by atoms with Crippen molar-refractivity contribution in [3.63, 3.8) is 0 Å². The number of anilines is 2. The van der Waals surface area contributed by atoms with E-state index < -0.39 is 11.6 Å². The Labute approximate surface area is 143 Å². The first-order chi connectivity index (χ1) is 11.0. The van der Waals surface area contributed by atoms with Crippen LogP contribution in [0, 0.1) is 11.6 Å². The van der Waals surface area contributed by atoms with Crippen molar-refractivity contribution in [2.24, 2.45) is 0 Å². The largest absolute Gasteiger partial charge is 0.340 e. The van der Waals surface area contributed by atoms with Crippen LogP contribution in [-0.4, -0.2) is 15.0 Å². The predicted molar refractivity (Wildman–Crippen MR) is 87.6 cm³/mol. The van der Waals surface area contributed by atoms with Crippen LogP contribution in [0.3, 0.4) is 0 Å². The van der Waals surface area contributed by atoms with Crippen LogP contribution in [0.15, 0.2) is 47.2 Å². The predicted octanol–water partition coefficient (Wildman–Crippen LogP) is 4.98. The Balaban J connectivity index is 1.96. The van der Waals surface area contributed by atoms with E-state index in [1.165, 1.54) is 6.07 Å². The number of hydrogen-bond donors (Lipinski definition) is 1. The fourth-order valence-corrected chi connectivity index (χ4v) is 2.29. The number of halogens is 4. The second-order valence-corrected chi connectivity index (χ2v) is 5.70. The van der Waals surface area contributed by atoms with Crippen LogP contribution in [-0.2, 0) is 0 Å². The SMILES string of the molecule is Fc1cc(Nc2cc(Cl)nc(-c3cccnc3)n2)cc(F)c1Br. The number of nitrogens with one attached hydrogen (secondary N) is 1. The Kier molecular flexibility index (Phi) is 4.49. The molecule has 0 spiro atoms. The van der Waals surface area contributed by atoms with Crippen molar-refractivity contribution >= 4 is 39.0 Å². The highest BCUT2D eigenvalue weighted by atomic mass is 79.9. The third kappa shape index (κ3) is 3.62. The molecule has 0 fully saturated rings. The zero-order chi connectivity index (χ0) is 16.4. The third-order valence-electron chi connectivity index (χ3n) is 2.87. The number of rotatable bonds is 3. The molecule has 0 amide bonds. The van der Waals surface area contributed by atoms with Crippen molar-refractivity contribution in [3.05, 3.63) is 64.0 Å². The van der Waals surface area contributed by atoms with Gasteiger partial charge in [0.1, 0.15) is 22.6 Å². The van der Waals surface area contributed by atoms with Crippen molar-refractivity contribution < 1.29 is 8.78 Å². The van der Waals surface area contributed by atoms with E-state index in [1.807, 2.05) is 0 Å². The molecule has 0 aliphatic carbocycles. The number of benzene rings is 1. The van der Waals surface area contributed by atoms with Crippen molar-refractivity contribution in [3.8, 4) is 11.4 Å². The summed E-state index contributed by atoms with van der Waals surface area (Å²) in [7, 11) is 0. The molecule has 0 aliphatic heterocycles. The molecule has 0 saturated carbocycles. The molecule has 1 N–H and O–H groups in total. The first-order valence-electron chi connectivity index (χ1n) is 6.39. The smallest absolute Gasteiger partial charge is 0.164 e. The van der Waals surface area contributed by atoms with E-state index in [0.29, 0.717) is 17.2 Å². The van der Waals surface area contributed by atoms with Crippen LogP contribution in [0.4, 0.5) is 20.3 Å². The number of hydrogen-bond acceptors (Lipinski definition) is 4. The van der Waals surface area contributed by atoms with Crippen molar-refractivity contribution in [1.29, 1.82) is 0 Å². The van der Waals surface area contributed by atoms with Crippen LogP contribution in [0.5, 0.6) is 0 Å². The molecule has 0 unspecified atom stereocenters. The van der Waals surface area contributed by atoms with Gasteiger partial charge in [0, 0.05) is 29.7 Å². The van der Waals surface area contributed by atoms with Crippen molar-refractivity contribution in [2.45, 2.75) is 0 Å². The molecule has 8 heteroatoms. The van der Waals surface area contributed by atoms with Gasteiger partial charge in [0.25, 0.3) is 0 Å². The van der Waals surface area contributed by atoms with Gasteiger partial charge in [0.2, 0.25) is 0 Å². The second kappa shape index (κ2) is 6.55. The van der Waals surface area contributed by atoms with E-state index in [0.717, 1.165) is 12.1 Å². The number of pyridine rings is 1. The molecule has 0 bridgehead atoms. The lowest BCUT2D eigenvalue weighted by atomic mass is 10.2. The minimum Gasteiger partial charge on any atom is -0.340 e. The molecule has 3 aromatic rings. The molecule has 0 atom stereocenters. The lowest BCUT2D eigenvalue weighted by molar-refractivity contribution is 0.573. The molecule has 23 heavy (non-hydrogen) atoms. The Morgan fingerprint density at radius 3 is 2.48 bits per heavy atom. The highest BCUT2D eigenvalue weighted by Crippen LogP contribution is 2.27. The van der Waals surface area contributed by atoms with Gasteiger partial charge in [0.15, 0.2) is 5.82 Å². The molecular formula is C15H8BrClF2N4. The normalized spacial score (nSPS) is 10.6. The second-order valence-electron chi connectivity index (χ2n) is 4.52. The van der Waals surface area contributed by atoms with E-state index in [-0.39, 0.29) is 15.3 Å². The average molecular weight is 398 g/mol. The molecule has 4 nitrogen and oxygen atoms in total. The van der Waals surface area contributed by atoms with Gasteiger partial charge in [-0.25, -0.2) is 18.7 Å². The maximum Gasteiger partial charge on any atom is 0.164 e. The minimum atomic E-state index is -0.722. The van der Waals surface area contributed by atoms with Gasteiger partial charge in [-0.1, -0.05) is 11.6 Å². The molecule has 116 valence electrons. The zero-order valence-corrected chi connectivity index (χ0v) is 13.7. The number of aromatic nitrogens is 3. The van der Waals surface area contributed by atoms with Gasteiger partial charge in [0.05, 0.1) is 4.47 Å². The van der Waals surface area contributed by atoms with E-state index in [4.69, 9.17) is 11.6 Å². The van der Waals surface area contributed by atoms with Crippen molar-refractivity contribution in [2.75, 3.05) is 5.32 Å². The quantitative estimate of drug-likeness (QED) is 0.500. The molecule has 1 aromatic carbocycles. The molecular weight excluding hydrogens is 390 g/mol. The van der Waals surface area contributed by atoms with E-state index >= 15 is 0 Å². The van der Waals surface area contributed by atoms with Crippen LogP contribution < -0.4 is 5.32 Å². The average Bonchev–Trinajstić information content (AvgIpc) is 2.53. The minimum absolute atomic E-state index is 0.194. The number of nitrogens with zero attached hydrogens (tertiary/aromatic N) is 3. The van der Waals surface area contributed by atoms with Gasteiger partial charge < -0.3 is 5.32 Å². The molecule has 2 heterocycles. The molecule has 0 aliphatic rings. The lowest BCUT2D eigenvalue weighted by Crippen LogP contribution is -1.99. The summed E-state index contributed by atoms with van der Waals surface area (Å²) in [6, 6.07) is 7.27. The Morgan fingerprint density at radius 1 is 1.09 bits per heavy atom. The third-order valence-corrected chi connectivity index (χ3v) is 3.82. The monoisotopic (exact) mass is 396 g/mol. The summed E-state index contributed by atoms with van der Waals surface area (Å²) in [5.74, 6) is -0.781. The Hall–Kier alpha value is -2.12. The molecule has 0 radical (unpaired) electrons. The summed E-state index contributed by atoms with van der Waals surface area (Å²) in [6.07, 6.45) is 3.22. The Morgan fingerprint density at radius 2 is 1.83 bits per heavy atom. The standard InChI is InChI=1S/C15H8BrClF2N4/c16-14-10(18)4-9(5-11(14)19)21-13-6-12(17)22-15(23-13)8-2-1-3-20-7-8/h1-7H,(H,21,22,23). The summed E-state index contributed by atoms with van der Waals surface area (Å²) in [6.45, 7) is 0. The first kappa shape index (κ1) is 15.8. The lowest BCUT2D eigenvalue weighted by Gasteiger charge is -2.09. The first-order valence-corrected chi connectivity index (χ1v) is 7.56. The Bertz CT molecular complexity index is 838. The van der Waals surface area contributed by atoms with Crippen LogP contribution in [0.2, 0.25) is 5.15 Å². The van der Waals surface area contributed by atoms with Gasteiger partial charge in [-0.05, 0) is 40.2 Å². The van der Waals surface area contributed by atoms with Crippen LogP contribution in [0.25, 0.3) is 11.4 Å². The van der Waals surface area contributed by atoms with Crippen molar-refractivity contribution in [1.82, 2.24) is 15.0 Å².